The van der Waals surface area contributed by atoms with Gasteiger partial charge in [-0.15, -0.1) is 0 Å². The highest BCUT2D eigenvalue weighted by Gasteiger charge is 2.29. The zero-order valence-corrected chi connectivity index (χ0v) is 11.7. The Morgan fingerprint density at radius 1 is 1.20 bits per heavy atom. The number of benzene rings is 2. The van der Waals surface area contributed by atoms with Crippen molar-refractivity contribution in [1.82, 2.24) is 0 Å². The van der Waals surface area contributed by atoms with Crippen molar-refractivity contribution in [2.24, 2.45) is 0 Å². The van der Waals surface area contributed by atoms with Crippen LogP contribution in [0.5, 0.6) is 5.75 Å². The predicted molar refractivity (Wildman–Crippen MR) is 75.5 cm³/mol. The van der Waals surface area contributed by atoms with E-state index in [1.54, 1.807) is 30.3 Å². The van der Waals surface area contributed by atoms with Gasteiger partial charge in [0.25, 0.3) is 0 Å². The average molecular weight is 293 g/mol. The Hall–Kier alpha value is -1.58. The Morgan fingerprint density at radius 2 is 2.00 bits per heavy atom. The highest BCUT2D eigenvalue weighted by atomic mass is 35.5. The molecule has 1 aliphatic heterocycles. The van der Waals surface area contributed by atoms with Gasteiger partial charge in [0.2, 0.25) is 0 Å². The quantitative estimate of drug-likeness (QED) is 0.847. The average Bonchev–Trinajstić information content (AvgIpc) is 2.42. The van der Waals surface area contributed by atoms with Crippen molar-refractivity contribution in [3.8, 4) is 5.75 Å². The lowest BCUT2D eigenvalue weighted by Gasteiger charge is -2.30. The molecule has 4 heteroatoms. The maximum Gasteiger partial charge on any atom is 0.130 e. The molecule has 104 valence electrons. The van der Waals surface area contributed by atoms with Gasteiger partial charge in [-0.3, -0.25) is 0 Å². The van der Waals surface area contributed by atoms with Gasteiger partial charge in [-0.2, -0.15) is 0 Å². The largest absolute Gasteiger partial charge is 0.485 e. The van der Waals surface area contributed by atoms with Gasteiger partial charge in [0.1, 0.15) is 17.7 Å². The lowest BCUT2D eigenvalue weighted by atomic mass is 9.94. The van der Waals surface area contributed by atoms with E-state index in [0.29, 0.717) is 28.3 Å². The molecule has 20 heavy (non-hydrogen) atoms. The molecule has 1 N–H and O–H groups in total. The molecule has 1 unspecified atom stereocenters. The summed E-state index contributed by atoms with van der Waals surface area (Å²) in [5, 5.41) is 10.8. The highest BCUT2D eigenvalue weighted by Crippen LogP contribution is 2.42. The Labute approximate surface area is 121 Å². The zero-order chi connectivity index (χ0) is 14.3. The number of hydrogen-bond donors (Lipinski definition) is 1. The van der Waals surface area contributed by atoms with Crippen LogP contribution in [0.15, 0.2) is 36.4 Å². The van der Waals surface area contributed by atoms with E-state index in [2.05, 4.69) is 0 Å². The minimum atomic E-state index is -0.706. The normalized spacial score (nSPS) is 21.2. The van der Waals surface area contributed by atoms with Crippen LogP contribution in [0.3, 0.4) is 0 Å². The number of aliphatic hydroxyl groups is 1. The van der Waals surface area contributed by atoms with Gasteiger partial charge < -0.3 is 9.84 Å². The van der Waals surface area contributed by atoms with E-state index in [1.165, 1.54) is 6.07 Å². The number of ether oxygens (including phenoxy) is 1. The summed E-state index contributed by atoms with van der Waals surface area (Å²) in [5.41, 5.74) is 2.09. The fraction of sp³-hybridized carbons (Fsp3) is 0.250. The van der Waals surface area contributed by atoms with Crippen molar-refractivity contribution in [1.29, 1.82) is 0 Å². The first-order valence-corrected chi connectivity index (χ1v) is 6.82. The van der Waals surface area contributed by atoms with Gasteiger partial charge >= 0.3 is 0 Å². The molecule has 1 heterocycles. The summed E-state index contributed by atoms with van der Waals surface area (Å²) in [6, 6.07) is 9.99. The molecule has 2 atom stereocenters. The van der Waals surface area contributed by atoms with Crippen LogP contribution >= 0.6 is 11.6 Å². The van der Waals surface area contributed by atoms with Crippen LogP contribution in [0.4, 0.5) is 4.39 Å². The smallest absolute Gasteiger partial charge is 0.130 e. The Morgan fingerprint density at radius 3 is 2.80 bits per heavy atom. The molecule has 1 aliphatic rings. The van der Waals surface area contributed by atoms with Crippen molar-refractivity contribution in [3.63, 3.8) is 0 Å². The second kappa shape index (κ2) is 5.08. The number of rotatable bonds is 1. The molecular formula is C16H14ClFO2. The first-order valence-electron chi connectivity index (χ1n) is 6.45. The standard InChI is InChI=1S/C16H14ClFO2/c1-9-2-4-13(18)11(6-9)16-8-14(19)12-7-10(17)3-5-15(12)20-16/h2-7,14,16,19H,8H2,1H3/t14-,16?/m1/s1. The summed E-state index contributed by atoms with van der Waals surface area (Å²) in [5.74, 6) is 0.240. The van der Waals surface area contributed by atoms with E-state index < -0.39 is 12.2 Å². The summed E-state index contributed by atoms with van der Waals surface area (Å²) in [4.78, 5) is 0. The SMILES string of the molecule is Cc1ccc(F)c(C2C[C@@H](O)c3cc(Cl)ccc3O2)c1. The van der Waals surface area contributed by atoms with Crippen LogP contribution in [0.2, 0.25) is 5.02 Å². The summed E-state index contributed by atoms with van der Waals surface area (Å²) >= 11 is 5.91. The number of aryl methyl sites for hydroxylation is 1. The van der Waals surface area contributed by atoms with E-state index in [4.69, 9.17) is 16.3 Å². The van der Waals surface area contributed by atoms with Crippen molar-refractivity contribution < 1.29 is 14.2 Å². The fourth-order valence-electron chi connectivity index (χ4n) is 2.52. The van der Waals surface area contributed by atoms with Crippen molar-refractivity contribution in [2.45, 2.75) is 25.6 Å². The first kappa shape index (κ1) is 13.4. The van der Waals surface area contributed by atoms with Gasteiger partial charge in [0.15, 0.2) is 0 Å². The number of aliphatic hydroxyl groups excluding tert-OH is 1. The summed E-state index contributed by atoms with van der Waals surface area (Å²) in [6.07, 6.45) is -0.880. The molecular weight excluding hydrogens is 279 g/mol. The maximum atomic E-state index is 13.9. The zero-order valence-electron chi connectivity index (χ0n) is 10.9. The molecule has 2 aromatic rings. The summed E-state index contributed by atoms with van der Waals surface area (Å²) < 4.78 is 19.8. The monoisotopic (exact) mass is 292 g/mol. The molecule has 0 aromatic heterocycles. The lowest BCUT2D eigenvalue weighted by Crippen LogP contribution is -2.20. The molecule has 0 spiro atoms. The number of hydrogen-bond acceptors (Lipinski definition) is 2. The molecule has 0 saturated carbocycles. The third-order valence-electron chi connectivity index (χ3n) is 3.54. The Kier molecular flexibility index (Phi) is 3.40. The van der Waals surface area contributed by atoms with Crippen LogP contribution < -0.4 is 4.74 Å². The molecule has 0 saturated heterocycles. The molecule has 2 aromatic carbocycles. The lowest BCUT2D eigenvalue weighted by molar-refractivity contribution is 0.0640. The van der Waals surface area contributed by atoms with Crippen LogP contribution in [0.25, 0.3) is 0 Å². The second-order valence-electron chi connectivity index (χ2n) is 5.07. The molecule has 0 aliphatic carbocycles. The van der Waals surface area contributed by atoms with Crippen molar-refractivity contribution in [3.05, 3.63) is 63.9 Å². The summed E-state index contributed by atoms with van der Waals surface area (Å²) in [6.45, 7) is 1.90. The van der Waals surface area contributed by atoms with E-state index >= 15 is 0 Å². The van der Waals surface area contributed by atoms with Gasteiger partial charge in [-0.1, -0.05) is 23.2 Å². The van der Waals surface area contributed by atoms with Crippen molar-refractivity contribution >= 4 is 11.6 Å². The molecule has 0 amide bonds. The van der Waals surface area contributed by atoms with Crippen molar-refractivity contribution in [2.75, 3.05) is 0 Å². The third kappa shape index (κ3) is 2.39. The molecule has 0 radical (unpaired) electrons. The third-order valence-corrected chi connectivity index (χ3v) is 3.77. The van der Waals surface area contributed by atoms with E-state index in [0.717, 1.165) is 5.56 Å². The molecule has 3 rings (SSSR count). The van der Waals surface area contributed by atoms with Crippen LogP contribution in [0, 0.1) is 12.7 Å². The Balaban J connectivity index is 1.99. The van der Waals surface area contributed by atoms with Gasteiger partial charge in [0, 0.05) is 22.6 Å². The fourth-order valence-corrected chi connectivity index (χ4v) is 2.70. The maximum absolute atomic E-state index is 13.9. The van der Waals surface area contributed by atoms with Gasteiger partial charge in [-0.25, -0.2) is 4.39 Å². The highest BCUT2D eigenvalue weighted by molar-refractivity contribution is 6.30. The van der Waals surface area contributed by atoms with Crippen LogP contribution in [0.1, 0.15) is 35.3 Å². The summed E-state index contributed by atoms with van der Waals surface area (Å²) in [7, 11) is 0. The number of fused-ring (bicyclic) bond motifs is 1. The molecule has 0 bridgehead atoms. The predicted octanol–water partition coefficient (Wildman–Crippen LogP) is 4.34. The van der Waals surface area contributed by atoms with E-state index in [9.17, 15) is 9.50 Å². The second-order valence-corrected chi connectivity index (χ2v) is 5.50. The van der Waals surface area contributed by atoms with Crippen LogP contribution in [-0.4, -0.2) is 5.11 Å². The minimum absolute atomic E-state index is 0.313. The molecule has 0 fully saturated rings. The van der Waals surface area contributed by atoms with Gasteiger partial charge in [-0.05, 0) is 37.3 Å². The molecule has 2 nitrogen and oxygen atoms in total. The van der Waals surface area contributed by atoms with Crippen LogP contribution in [-0.2, 0) is 0 Å². The topological polar surface area (TPSA) is 29.5 Å². The first-order chi connectivity index (χ1) is 9.54. The van der Waals surface area contributed by atoms with E-state index in [-0.39, 0.29) is 5.82 Å². The minimum Gasteiger partial charge on any atom is -0.485 e. The number of halogens is 2. The Bertz CT molecular complexity index is 657. The van der Waals surface area contributed by atoms with Gasteiger partial charge in [0.05, 0.1) is 6.10 Å². The van der Waals surface area contributed by atoms with E-state index in [1.807, 2.05) is 6.92 Å².